The zero-order valence-corrected chi connectivity index (χ0v) is 18.5. The third-order valence-corrected chi connectivity index (χ3v) is 6.14. The number of amides is 2. The zero-order chi connectivity index (χ0) is 22.2. The predicted octanol–water partition coefficient (Wildman–Crippen LogP) is 1.55. The Labute approximate surface area is 185 Å². The van der Waals surface area contributed by atoms with Crippen molar-refractivity contribution in [2.75, 3.05) is 38.6 Å². The molecular formula is C21H27N9O2. The molecule has 0 saturated carbocycles. The second-order valence-corrected chi connectivity index (χ2v) is 8.21. The largest absolute Gasteiger partial charge is 0.378 e. The molecular weight excluding hydrogens is 410 g/mol. The van der Waals surface area contributed by atoms with Gasteiger partial charge in [0.1, 0.15) is 18.0 Å². The fourth-order valence-electron chi connectivity index (χ4n) is 4.26. The number of carbonyl (C=O) groups excluding carboxylic acids is 1. The van der Waals surface area contributed by atoms with Crippen LogP contribution in [0.1, 0.15) is 19.2 Å². The van der Waals surface area contributed by atoms with Gasteiger partial charge in [-0.3, -0.25) is 0 Å². The molecule has 1 N–H and O–H groups in total. The molecule has 0 aliphatic carbocycles. The number of aryl methyl sites for hydroxylation is 2. The lowest BCUT2D eigenvalue weighted by atomic mass is 10.2. The molecule has 2 aliphatic rings. The average Bonchev–Trinajstić information content (AvgIpc) is 3.38. The van der Waals surface area contributed by atoms with Crippen LogP contribution in [0.5, 0.6) is 0 Å². The van der Waals surface area contributed by atoms with Gasteiger partial charge in [0.25, 0.3) is 0 Å². The molecule has 3 aromatic rings. The van der Waals surface area contributed by atoms with E-state index in [2.05, 4.69) is 32.2 Å². The summed E-state index contributed by atoms with van der Waals surface area (Å²) < 4.78 is 7.31. The van der Waals surface area contributed by atoms with Crippen molar-refractivity contribution in [2.24, 2.45) is 0 Å². The second-order valence-electron chi connectivity index (χ2n) is 8.21. The maximum Gasteiger partial charge on any atom is 0.320 e. The zero-order valence-electron chi connectivity index (χ0n) is 18.5. The number of rotatable bonds is 5. The number of nitrogens with one attached hydrogen (secondary N) is 1. The highest BCUT2D eigenvalue weighted by Gasteiger charge is 2.36. The minimum absolute atomic E-state index is 0.0763. The Bertz CT molecular complexity index is 1120. The summed E-state index contributed by atoms with van der Waals surface area (Å²) in [5.41, 5.74) is 2.31. The number of hydrogen-bond donors (Lipinski definition) is 1. The lowest BCUT2D eigenvalue weighted by molar-refractivity contribution is -0.0143. The molecule has 11 nitrogen and oxygen atoms in total. The number of aromatic nitrogens is 6. The topological polar surface area (TPSA) is 114 Å². The van der Waals surface area contributed by atoms with E-state index in [-0.39, 0.29) is 18.2 Å². The standard InChI is InChI=1S/C21H27N9O2/c1-4-30-19(14-7-22-13(2)23-8-14)27-17-18(24-12-25-20(17)30)26-15-5-6-28(9-15)21(31)29-10-16(11-29)32-3/h7-8,12,15-16H,4-6,9-11H2,1-3H3,(H,24,25,26)/t15-/m0/s1. The van der Waals surface area contributed by atoms with E-state index < -0.39 is 0 Å². The molecule has 2 saturated heterocycles. The summed E-state index contributed by atoms with van der Waals surface area (Å²) in [7, 11) is 1.68. The summed E-state index contributed by atoms with van der Waals surface area (Å²) in [6.45, 7) is 7.29. The first kappa shape index (κ1) is 20.6. The van der Waals surface area contributed by atoms with Crippen LogP contribution < -0.4 is 5.32 Å². The first-order chi connectivity index (χ1) is 15.6. The van der Waals surface area contributed by atoms with Crippen molar-refractivity contribution in [1.82, 2.24) is 39.3 Å². The molecule has 32 heavy (non-hydrogen) atoms. The van der Waals surface area contributed by atoms with Gasteiger partial charge in [0, 0.05) is 45.2 Å². The van der Waals surface area contributed by atoms with E-state index in [1.807, 2.05) is 21.3 Å². The Morgan fingerprint density at radius 3 is 2.66 bits per heavy atom. The van der Waals surface area contributed by atoms with Crippen LogP contribution in [-0.4, -0.2) is 90.8 Å². The number of urea groups is 1. The van der Waals surface area contributed by atoms with Gasteiger partial charge in [0.2, 0.25) is 0 Å². The quantitative estimate of drug-likeness (QED) is 0.639. The second kappa shape index (κ2) is 8.30. The number of imidazole rings is 1. The summed E-state index contributed by atoms with van der Waals surface area (Å²) in [5.74, 6) is 2.16. The molecule has 0 radical (unpaired) electrons. The van der Waals surface area contributed by atoms with E-state index >= 15 is 0 Å². The summed E-state index contributed by atoms with van der Waals surface area (Å²) in [5, 5.41) is 3.49. The number of hydrogen-bond acceptors (Lipinski definition) is 8. The van der Waals surface area contributed by atoms with Crippen molar-refractivity contribution < 1.29 is 9.53 Å². The van der Waals surface area contributed by atoms with E-state index in [1.165, 1.54) is 0 Å². The predicted molar refractivity (Wildman–Crippen MR) is 118 cm³/mol. The molecule has 0 aromatic carbocycles. The molecule has 2 fully saturated rings. The molecule has 3 aromatic heterocycles. The van der Waals surface area contributed by atoms with Crippen molar-refractivity contribution in [3.63, 3.8) is 0 Å². The molecule has 2 amide bonds. The maximum atomic E-state index is 12.7. The highest BCUT2D eigenvalue weighted by Crippen LogP contribution is 2.27. The summed E-state index contributed by atoms with van der Waals surface area (Å²) >= 11 is 0. The molecule has 2 aliphatic heterocycles. The SMILES string of the molecule is CCn1c(-c2cnc(C)nc2)nc2c(N[C@H]3CCN(C(=O)N4CC(OC)C4)C3)ncnc21. The Morgan fingerprint density at radius 1 is 1.16 bits per heavy atom. The van der Waals surface area contributed by atoms with Crippen LogP contribution >= 0.6 is 0 Å². The van der Waals surface area contributed by atoms with Crippen LogP contribution in [0.3, 0.4) is 0 Å². The minimum atomic E-state index is 0.0763. The molecule has 0 spiro atoms. The Morgan fingerprint density at radius 2 is 1.94 bits per heavy atom. The van der Waals surface area contributed by atoms with Gasteiger partial charge in [-0.15, -0.1) is 0 Å². The van der Waals surface area contributed by atoms with Crippen molar-refractivity contribution in [1.29, 1.82) is 0 Å². The van der Waals surface area contributed by atoms with Gasteiger partial charge in [0.05, 0.1) is 24.8 Å². The van der Waals surface area contributed by atoms with Gasteiger partial charge in [0.15, 0.2) is 17.0 Å². The van der Waals surface area contributed by atoms with Crippen LogP contribution in [0.2, 0.25) is 0 Å². The number of methoxy groups -OCH3 is 1. The van der Waals surface area contributed by atoms with E-state index in [9.17, 15) is 4.79 Å². The van der Waals surface area contributed by atoms with Gasteiger partial charge in [-0.05, 0) is 20.3 Å². The maximum absolute atomic E-state index is 12.7. The first-order valence-corrected chi connectivity index (χ1v) is 10.9. The molecule has 0 bridgehead atoms. The van der Waals surface area contributed by atoms with Gasteiger partial charge < -0.3 is 24.4 Å². The van der Waals surface area contributed by atoms with Crippen LogP contribution in [0.4, 0.5) is 10.6 Å². The Hall–Kier alpha value is -3.34. The van der Waals surface area contributed by atoms with Crippen LogP contribution in [0.25, 0.3) is 22.6 Å². The summed E-state index contributed by atoms with van der Waals surface area (Å²) in [6.07, 6.45) is 6.12. The summed E-state index contributed by atoms with van der Waals surface area (Å²) in [4.78, 5) is 38.8. The van der Waals surface area contributed by atoms with Crippen LogP contribution in [0.15, 0.2) is 18.7 Å². The van der Waals surface area contributed by atoms with E-state index in [0.717, 1.165) is 23.5 Å². The van der Waals surface area contributed by atoms with E-state index in [1.54, 1.807) is 25.8 Å². The number of nitrogens with zero attached hydrogens (tertiary/aromatic N) is 8. The number of anilines is 1. The molecule has 0 unspecified atom stereocenters. The minimum Gasteiger partial charge on any atom is -0.378 e. The highest BCUT2D eigenvalue weighted by molar-refractivity contribution is 5.86. The van der Waals surface area contributed by atoms with Crippen LogP contribution in [-0.2, 0) is 11.3 Å². The first-order valence-electron chi connectivity index (χ1n) is 10.9. The smallest absolute Gasteiger partial charge is 0.320 e. The average molecular weight is 438 g/mol. The number of likely N-dealkylation sites (tertiary alicyclic amines) is 2. The van der Waals surface area contributed by atoms with E-state index in [0.29, 0.717) is 49.9 Å². The molecule has 5 rings (SSSR count). The number of carbonyl (C=O) groups is 1. The molecule has 1 atom stereocenters. The van der Waals surface area contributed by atoms with Crippen molar-refractivity contribution in [3.05, 3.63) is 24.5 Å². The van der Waals surface area contributed by atoms with Gasteiger partial charge in [-0.25, -0.2) is 29.7 Å². The Balaban J connectivity index is 1.35. The fourth-order valence-corrected chi connectivity index (χ4v) is 4.26. The summed E-state index contributed by atoms with van der Waals surface area (Å²) in [6, 6.07) is 0.182. The highest BCUT2D eigenvalue weighted by atomic mass is 16.5. The molecule has 168 valence electrons. The van der Waals surface area contributed by atoms with Gasteiger partial charge >= 0.3 is 6.03 Å². The van der Waals surface area contributed by atoms with Crippen molar-refractivity contribution >= 4 is 23.0 Å². The Kier molecular flexibility index (Phi) is 5.33. The molecule has 5 heterocycles. The van der Waals surface area contributed by atoms with Gasteiger partial charge in [-0.2, -0.15) is 0 Å². The van der Waals surface area contributed by atoms with Crippen molar-refractivity contribution in [3.8, 4) is 11.4 Å². The number of fused-ring (bicyclic) bond motifs is 1. The number of ether oxygens (including phenoxy) is 1. The molecule has 11 heteroatoms. The lowest BCUT2D eigenvalue weighted by Crippen LogP contribution is -2.58. The van der Waals surface area contributed by atoms with Crippen LogP contribution in [0, 0.1) is 6.92 Å². The van der Waals surface area contributed by atoms with E-state index in [4.69, 9.17) is 9.72 Å². The lowest BCUT2D eigenvalue weighted by Gasteiger charge is -2.40. The third-order valence-electron chi connectivity index (χ3n) is 6.14. The van der Waals surface area contributed by atoms with Gasteiger partial charge in [-0.1, -0.05) is 0 Å². The van der Waals surface area contributed by atoms with Crippen molar-refractivity contribution in [2.45, 2.75) is 39.0 Å². The monoisotopic (exact) mass is 437 g/mol. The third kappa shape index (κ3) is 3.62. The normalized spacial score (nSPS) is 18.9. The fraction of sp³-hybridized carbons (Fsp3) is 0.524.